The van der Waals surface area contributed by atoms with Gasteiger partial charge in [-0.15, -0.1) is 0 Å². The van der Waals surface area contributed by atoms with Crippen molar-refractivity contribution in [2.24, 2.45) is 11.5 Å². The topological polar surface area (TPSA) is 237 Å². The molecule has 10 N–H and O–H groups in total. The second kappa shape index (κ2) is 13.8. The van der Waals surface area contributed by atoms with Crippen LogP contribution in [0.1, 0.15) is 19.3 Å². The van der Waals surface area contributed by atoms with Gasteiger partial charge in [-0.05, 0) is 19.4 Å². The molecular weight excluding hydrogens is 448 g/mol. The fourth-order valence-corrected chi connectivity index (χ4v) is 3.65. The zero-order chi connectivity index (χ0) is 24.5. The Kier molecular flexibility index (Phi) is 11.8. The van der Waals surface area contributed by atoms with Crippen molar-refractivity contribution < 1.29 is 59.1 Å². The van der Waals surface area contributed by atoms with Gasteiger partial charge in [0.05, 0.1) is 25.9 Å². The predicted molar refractivity (Wildman–Crippen MR) is 109 cm³/mol. The minimum Gasteiger partial charge on any atom is -0.481 e. The van der Waals surface area contributed by atoms with Crippen molar-refractivity contribution in [3.05, 3.63) is 0 Å². The Bertz CT molecular complexity index is 583. The molecule has 0 bridgehead atoms. The molecule has 4 unspecified atom stereocenters. The SMILES string of the molecule is NCCCO[C@@H]1C(CO)O[C@@H](O[C@@H]2C(CO)O[C@@H](OCCCC(=O)O)[C@@H](O)C2O)[C@@H](N)C1O. The minimum atomic E-state index is -1.60. The van der Waals surface area contributed by atoms with E-state index in [1.165, 1.54) is 0 Å². The van der Waals surface area contributed by atoms with Crippen molar-refractivity contribution in [3.8, 4) is 0 Å². The number of carbonyl (C=O) groups is 1. The lowest BCUT2D eigenvalue weighted by molar-refractivity contribution is -0.347. The molecular formula is C19H36N2O12. The summed E-state index contributed by atoms with van der Waals surface area (Å²) in [5.74, 6) is -1.01. The molecule has 2 rings (SSSR count). The third kappa shape index (κ3) is 7.48. The Morgan fingerprint density at radius 2 is 1.45 bits per heavy atom. The molecule has 0 aromatic carbocycles. The molecule has 2 saturated heterocycles. The van der Waals surface area contributed by atoms with E-state index in [-0.39, 0.29) is 26.1 Å². The summed E-state index contributed by atoms with van der Waals surface area (Å²) in [6.07, 6.45) is -11.0. The maximum absolute atomic E-state index is 10.6. The summed E-state index contributed by atoms with van der Waals surface area (Å²) >= 11 is 0. The zero-order valence-electron chi connectivity index (χ0n) is 18.2. The highest BCUT2D eigenvalue weighted by Gasteiger charge is 2.50. The van der Waals surface area contributed by atoms with Crippen LogP contribution in [0.15, 0.2) is 0 Å². The largest absolute Gasteiger partial charge is 0.481 e. The van der Waals surface area contributed by atoms with Crippen LogP contribution in [-0.2, 0) is 28.5 Å². The van der Waals surface area contributed by atoms with Gasteiger partial charge < -0.3 is 65.8 Å². The zero-order valence-corrected chi connectivity index (χ0v) is 18.2. The molecule has 194 valence electrons. The van der Waals surface area contributed by atoms with E-state index in [1.54, 1.807) is 0 Å². The van der Waals surface area contributed by atoms with Crippen LogP contribution in [0, 0.1) is 0 Å². The average molecular weight is 484 g/mol. The number of carboxylic acid groups (broad SMARTS) is 1. The van der Waals surface area contributed by atoms with Crippen molar-refractivity contribution in [2.75, 3.05) is 33.0 Å². The van der Waals surface area contributed by atoms with Gasteiger partial charge in [0, 0.05) is 13.0 Å². The molecule has 2 fully saturated rings. The van der Waals surface area contributed by atoms with Crippen molar-refractivity contribution in [3.63, 3.8) is 0 Å². The monoisotopic (exact) mass is 484 g/mol. The molecule has 0 amide bonds. The predicted octanol–water partition coefficient (Wildman–Crippen LogP) is -4.17. The van der Waals surface area contributed by atoms with Crippen LogP contribution in [0.25, 0.3) is 0 Å². The maximum Gasteiger partial charge on any atom is 0.303 e. The third-order valence-electron chi connectivity index (χ3n) is 5.49. The van der Waals surface area contributed by atoms with Gasteiger partial charge in [-0.25, -0.2) is 0 Å². The van der Waals surface area contributed by atoms with E-state index >= 15 is 0 Å². The normalized spacial score (nSPS) is 39.5. The van der Waals surface area contributed by atoms with E-state index in [0.717, 1.165) is 0 Å². The molecule has 0 spiro atoms. The molecule has 2 aliphatic rings. The summed E-state index contributed by atoms with van der Waals surface area (Å²) in [7, 11) is 0. The minimum absolute atomic E-state index is 0.0586. The van der Waals surface area contributed by atoms with Crippen LogP contribution >= 0.6 is 0 Å². The van der Waals surface area contributed by atoms with E-state index in [9.17, 15) is 30.3 Å². The lowest BCUT2D eigenvalue weighted by atomic mass is 9.96. The molecule has 33 heavy (non-hydrogen) atoms. The quantitative estimate of drug-likeness (QED) is 0.116. The summed E-state index contributed by atoms with van der Waals surface area (Å²) in [6.45, 7) is -0.601. The summed E-state index contributed by atoms with van der Waals surface area (Å²) in [5, 5.41) is 59.6. The first-order valence-electron chi connectivity index (χ1n) is 10.9. The molecule has 14 nitrogen and oxygen atoms in total. The Balaban J connectivity index is 2.01. The molecule has 14 heteroatoms. The van der Waals surface area contributed by atoms with Gasteiger partial charge in [-0.1, -0.05) is 0 Å². The second-order valence-corrected chi connectivity index (χ2v) is 7.95. The number of hydrogen-bond donors (Lipinski definition) is 8. The Morgan fingerprint density at radius 1 is 0.848 bits per heavy atom. The summed E-state index contributed by atoms with van der Waals surface area (Å²) in [6, 6.07) is -1.15. The fraction of sp³-hybridized carbons (Fsp3) is 0.947. The Hall–Kier alpha value is -1.01. The van der Waals surface area contributed by atoms with E-state index in [1.807, 2.05) is 0 Å². The van der Waals surface area contributed by atoms with Crippen LogP contribution in [-0.4, -0.2) is 131 Å². The molecule has 0 saturated carbocycles. The number of aliphatic hydroxyl groups is 5. The lowest BCUT2D eigenvalue weighted by Gasteiger charge is -2.47. The molecule has 0 aromatic heterocycles. The number of carboxylic acids is 1. The van der Waals surface area contributed by atoms with Crippen molar-refractivity contribution in [1.29, 1.82) is 0 Å². The maximum atomic E-state index is 10.6. The average Bonchev–Trinajstić information content (AvgIpc) is 2.79. The Labute approximate surface area is 190 Å². The standard InChI is InChI=1S/C19H36N2O12/c20-4-2-6-29-16-9(7-22)31-18(12(21)13(16)26)33-17-10(8-23)32-19(15(28)14(17)27)30-5-1-3-11(24)25/h9-10,12-19,22-23,26-28H,1-8,20-21H2,(H,24,25)/t9?,10?,12-,13?,14?,15-,16+,17+,18-,19+/m0/s1. The smallest absolute Gasteiger partial charge is 0.303 e. The summed E-state index contributed by atoms with van der Waals surface area (Å²) in [4.78, 5) is 10.6. The van der Waals surface area contributed by atoms with Crippen LogP contribution in [0.3, 0.4) is 0 Å². The lowest BCUT2D eigenvalue weighted by Crippen LogP contribution is -2.66. The highest BCUT2D eigenvalue weighted by atomic mass is 16.7. The van der Waals surface area contributed by atoms with E-state index < -0.39 is 80.5 Å². The molecule has 0 aliphatic carbocycles. The first kappa shape index (κ1) is 28.2. The first-order valence-corrected chi connectivity index (χ1v) is 10.9. The fourth-order valence-electron chi connectivity index (χ4n) is 3.65. The Morgan fingerprint density at radius 3 is 2.06 bits per heavy atom. The number of nitrogens with two attached hydrogens (primary N) is 2. The van der Waals surface area contributed by atoms with E-state index in [4.69, 9.17) is 40.3 Å². The van der Waals surface area contributed by atoms with Crippen LogP contribution < -0.4 is 11.5 Å². The molecule has 2 aliphatic heterocycles. The second-order valence-electron chi connectivity index (χ2n) is 7.95. The van der Waals surface area contributed by atoms with Crippen LogP contribution in [0.5, 0.6) is 0 Å². The molecule has 0 radical (unpaired) electrons. The molecule has 0 aromatic rings. The van der Waals surface area contributed by atoms with Gasteiger partial charge in [0.25, 0.3) is 0 Å². The number of hydrogen-bond acceptors (Lipinski definition) is 13. The highest BCUT2D eigenvalue weighted by molar-refractivity contribution is 5.66. The van der Waals surface area contributed by atoms with Gasteiger partial charge in [-0.2, -0.15) is 0 Å². The first-order chi connectivity index (χ1) is 15.7. The summed E-state index contributed by atoms with van der Waals surface area (Å²) < 4.78 is 27.7. The molecule has 10 atom stereocenters. The van der Waals surface area contributed by atoms with Crippen molar-refractivity contribution >= 4 is 5.97 Å². The van der Waals surface area contributed by atoms with E-state index in [2.05, 4.69) is 0 Å². The highest BCUT2D eigenvalue weighted by Crippen LogP contribution is 2.29. The third-order valence-corrected chi connectivity index (χ3v) is 5.49. The number of aliphatic carboxylic acids is 1. The van der Waals surface area contributed by atoms with Gasteiger partial charge in [0.15, 0.2) is 12.6 Å². The van der Waals surface area contributed by atoms with Gasteiger partial charge in [0.1, 0.15) is 42.7 Å². The van der Waals surface area contributed by atoms with Gasteiger partial charge in [-0.3, -0.25) is 4.79 Å². The van der Waals surface area contributed by atoms with Crippen molar-refractivity contribution in [2.45, 2.75) is 80.6 Å². The van der Waals surface area contributed by atoms with Gasteiger partial charge >= 0.3 is 5.97 Å². The number of rotatable bonds is 13. The van der Waals surface area contributed by atoms with Crippen molar-refractivity contribution in [1.82, 2.24) is 0 Å². The number of ether oxygens (including phenoxy) is 5. The molecule has 2 heterocycles. The van der Waals surface area contributed by atoms with Gasteiger partial charge in [0.2, 0.25) is 0 Å². The van der Waals surface area contributed by atoms with E-state index in [0.29, 0.717) is 13.0 Å². The number of aliphatic hydroxyl groups excluding tert-OH is 5. The van der Waals surface area contributed by atoms with Crippen LogP contribution in [0.4, 0.5) is 0 Å². The summed E-state index contributed by atoms with van der Waals surface area (Å²) in [5.41, 5.74) is 11.5. The van der Waals surface area contributed by atoms with Crippen LogP contribution in [0.2, 0.25) is 0 Å².